The molecule has 7 N–H and O–H groups in total. The molecule has 372 valence electrons. The summed E-state index contributed by atoms with van der Waals surface area (Å²) in [5, 5.41) is 25.3. The van der Waals surface area contributed by atoms with Crippen molar-refractivity contribution in [3.05, 3.63) is 83.8 Å². The number of imidazole rings is 1. The molecule has 0 spiro atoms. The molecule has 0 saturated heterocycles. The molecule has 22 heteroatoms. The van der Waals surface area contributed by atoms with E-state index in [-0.39, 0.29) is 67.5 Å². The number of aliphatic hydroxyl groups is 1. The summed E-state index contributed by atoms with van der Waals surface area (Å²) in [6.45, 7) is 10.9. The highest BCUT2D eigenvalue weighted by Gasteiger charge is 2.39. The quantitative estimate of drug-likeness (QED) is 0.0479. The number of hydrogen-bond donors (Lipinski definition) is 6. The second-order valence-electron chi connectivity index (χ2n) is 17.4. The summed E-state index contributed by atoms with van der Waals surface area (Å²) < 4.78 is 63.0. The first-order valence-electron chi connectivity index (χ1n) is 21.7. The largest absolute Gasteiger partial charge is 0.490 e. The molecule has 68 heavy (non-hydrogen) atoms. The highest BCUT2D eigenvalue weighted by atomic mass is 19.4. The van der Waals surface area contributed by atoms with Crippen LogP contribution in [0.3, 0.4) is 0 Å². The van der Waals surface area contributed by atoms with Gasteiger partial charge in [-0.15, -0.1) is 0 Å². The van der Waals surface area contributed by atoms with Crippen molar-refractivity contribution in [1.29, 1.82) is 0 Å². The number of carboxylic acid groups (broad SMARTS) is 1. The van der Waals surface area contributed by atoms with Crippen LogP contribution in [-0.4, -0.2) is 115 Å². The number of imide groups is 1. The van der Waals surface area contributed by atoms with Crippen LogP contribution in [0.15, 0.2) is 60.8 Å². The minimum Gasteiger partial charge on any atom is -0.475 e. The SMILES string of the molecule is CC(C)[C@H](NC(=O)CCCCCN1C(=O)C=CC1=O)C(=O)N[C@@H](C)C(=O)Nc1cccc(Cn2cc(-c3cc(F)ccc3F)nc2[C@H](N(CCCN)C(=O)CO)C(C)(C)C)c1.O=C(O)C(F)(F)F. The summed E-state index contributed by atoms with van der Waals surface area (Å²) in [5.74, 6) is -6.71. The zero-order valence-corrected chi connectivity index (χ0v) is 38.7. The van der Waals surface area contributed by atoms with Crippen molar-refractivity contribution >= 4 is 47.1 Å². The van der Waals surface area contributed by atoms with Crippen LogP contribution in [0.25, 0.3) is 11.3 Å². The molecule has 0 aliphatic carbocycles. The molecule has 1 aliphatic rings. The van der Waals surface area contributed by atoms with Crippen LogP contribution in [0, 0.1) is 23.0 Å². The van der Waals surface area contributed by atoms with Crippen LogP contribution in [0.2, 0.25) is 0 Å². The van der Waals surface area contributed by atoms with E-state index >= 15 is 4.39 Å². The van der Waals surface area contributed by atoms with Gasteiger partial charge in [0.2, 0.25) is 23.6 Å². The van der Waals surface area contributed by atoms with Crippen LogP contribution in [0.5, 0.6) is 0 Å². The molecule has 0 unspecified atom stereocenters. The Kier molecular flexibility index (Phi) is 20.5. The number of carboxylic acids is 1. The van der Waals surface area contributed by atoms with Crippen molar-refractivity contribution in [3.63, 3.8) is 0 Å². The zero-order valence-electron chi connectivity index (χ0n) is 38.7. The average Bonchev–Trinajstić information content (AvgIpc) is 3.81. The third kappa shape index (κ3) is 16.4. The first-order valence-corrected chi connectivity index (χ1v) is 21.7. The Hall–Kier alpha value is -6.55. The van der Waals surface area contributed by atoms with Gasteiger partial charge in [-0.1, -0.05) is 53.2 Å². The van der Waals surface area contributed by atoms with E-state index in [1.165, 1.54) is 24.0 Å². The lowest BCUT2D eigenvalue weighted by Gasteiger charge is -2.40. The van der Waals surface area contributed by atoms with Crippen LogP contribution in [-0.2, 0) is 40.1 Å². The Labute approximate surface area is 390 Å². The van der Waals surface area contributed by atoms with E-state index in [1.54, 1.807) is 48.9 Å². The number of anilines is 1. The minimum atomic E-state index is -5.08. The number of nitrogens with zero attached hydrogens (tertiary/aromatic N) is 4. The topological polar surface area (TPSA) is 246 Å². The first kappa shape index (κ1) is 55.8. The molecule has 4 rings (SSSR count). The summed E-state index contributed by atoms with van der Waals surface area (Å²) in [6.07, 6.45) is 1.14. The number of alkyl halides is 3. The number of aliphatic hydroxyl groups excluding tert-OH is 1. The zero-order chi connectivity index (χ0) is 51.1. The van der Waals surface area contributed by atoms with E-state index in [1.807, 2.05) is 20.8 Å². The average molecular weight is 963 g/mol. The van der Waals surface area contributed by atoms with Gasteiger partial charge in [-0.25, -0.2) is 18.6 Å². The molecular weight excluding hydrogens is 904 g/mol. The van der Waals surface area contributed by atoms with Crippen molar-refractivity contribution < 1.29 is 65.7 Å². The molecule has 0 saturated carbocycles. The van der Waals surface area contributed by atoms with Gasteiger partial charge in [-0.2, -0.15) is 13.2 Å². The Morgan fingerprint density at radius 2 is 1.53 bits per heavy atom. The first-order chi connectivity index (χ1) is 31.8. The second kappa shape index (κ2) is 25.0. The highest BCUT2D eigenvalue weighted by Crippen LogP contribution is 2.39. The van der Waals surface area contributed by atoms with Crippen LogP contribution < -0.4 is 21.7 Å². The monoisotopic (exact) mass is 962 g/mol. The summed E-state index contributed by atoms with van der Waals surface area (Å²) >= 11 is 0. The predicted molar refractivity (Wildman–Crippen MR) is 239 cm³/mol. The number of aliphatic carboxylic acids is 1. The second-order valence-corrected chi connectivity index (χ2v) is 17.4. The van der Waals surface area contributed by atoms with Gasteiger partial charge in [0.1, 0.15) is 36.1 Å². The lowest BCUT2D eigenvalue weighted by molar-refractivity contribution is -0.192. The number of unbranched alkanes of at least 4 members (excludes halogenated alkanes) is 2. The number of aromatic nitrogens is 2. The van der Waals surface area contributed by atoms with E-state index < -0.39 is 71.6 Å². The van der Waals surface area contributed by atoms with Gasteiger partial charge >= 0.3 is 12.1 Å². The van der Waals surface area contributed by atoms with Crippen molar-refractivity contribution in [2.75, 3.05) is 31.6 Å². The molecule has 0 radical (unpaired) electrons. The fourth-order valence-electron chi connectivity index (χ4n) is 7.07. The third-order valence-electron chi connectivity index (χ3n) is 10.4. The molecule has 2 heterocycles. The van der Waals surface area contributed by atoms with Gasteiger partial charge in [0, 0.05) is 55.7 Å². The fourth-order valence-corrected chi connectivity index (χ4v) is 7.07. The summed E-state index contributed by atoms with van der Waals surface area (Å²) in [6, 6.07) is 7.31. The van der Waals surface area contributed by atoms with Gasteiger partial charge in [-0.05, 0) is 80.0 Å². The Balaban J connectivity index is 0.00000162. The van der Waals surface area contributed by atoms with E-state index in [0.717, 1.165) is 23.1 Å². The molecule has 1 aromatic heterocycles. The van der Waals surface area contributed by atoms with E-state index in [9.17, 15) is 51.4 Å². The molecule has 3 atom stereocenters. The van der Waals surface area contributed by atoms with Crippen molar-refractivity contribution in [1.82, 2.24) is 30.0 Å². The molecule has 17 nitrogen and oxygen atoms in total. The number of halogens is 5. The minimum absolute atomic E-state index is 0.0771. The molecular formula is C46H59F5N8O9. The molecule has 2 aromatic carbocycles. The lowest BCUT2D eigenvalue weighted by Crippen LogP contribution is -2.53. The van der Waals surface area contributed by atoms with E-state index in [2.05, 4.69) is 16.0 Å². The fraction of sp³-hybridized carbons (Fsp3) is 0.478. The standard InChI is InChI=1S/C44H58F2N8O7.C2HF3O2/c1-27(2)39(51-35(56)14-8-7-9-20-53-36(57)17-18-37(53)58)43(61)48-28(3)42(60)49-31-13-10-12-29(22-31)24-52-25-34(32-23-30(45)15-16-33(32)46)50-41(52)40(44(4,5)6)54(21-11-19-47)38(59)26-55;3-2(4,5)1(6)7/h10,12-13,15-18,22-23,25,27-28,39-40,55H,7-9,11,14,19-21,24,26,47H2,1-6H3,(H,48,61)(H,49,60)(H,51,56);(H,6,7)/t28-,39-,40-;/m0./s1. The number of amides is 6. The maximum Gasteiger partial charge on any atom is 0.490 e. The van der Waals surface area contributed by atoms with Gasteiger partial charge in [-0.3, -0.25) is 33.7 Å². The Bertz CT molecular complexity index is 2290. The number of carbonyl (C=O) groups is 7. The van der Waals surface area contributed by atoms with Crippen molar-refractivity contribution in [2.45, 2.75) is 104 Å². The van der Waals surface area contributed by atoms with Crippen molar-refractivity contribution in [2.24, 2.45) is 17.1 Å². The van der Waals surface area contributed by atoms with Gasteiger partial charge in [0.25, 0.3) is 11.8 Å². The smallest absolute Gasteiger partial charge is 0.475 e. The Morgan fingerprint density at radius 3 is 2.10 bits per heavy atom. The number of benzene rings is 2. The van der Waals surface area contributed by atoms with Gasteiger partial charge in [0.15, 0.2) is 0 Å². The summed E-state index contributed by atoms with van der Waals surface area (Å²) in [7, 11) is 0. The molecule has 3 aromatic rings. The molecule has 1 aliphatic heterocycles. The van der Waals surface area contributed by atoms with Crippen LogP contribution in [0.4, 0.5) is 27.6 Å². The third-order valence-corrected chi connectivity index (χ3v) is 10.4. The molecule has 0 fully saturated rings. The van der Waals surface area contributed by atoms with Gasteiger partial charge in [0.05, 0.1) is 11.7 Å². The summed E-state index contributed by atoms with van der Waals surface area (Å²) in [5.41, 5.74) is 6.27. The lowest BCUT2D eigenvalue weighted by atomic mass is 9.84. The number of carbonyl (C=O) groups excluding carboxylic acids is 6. The number of nitrogens with one attached hydrogen (secondary N) is 3. The number of hydrogen-bond acceptors (Lipinski definition) is 10. The molecule has 0 bridgehead atoms. The number of rotatable bonds is 21. The van der Waals surface area contributed by atoms with Crippen LogP contribution >= 0.6 is 0 Å². The summed E-state index contributed by atoms with van der Waals surface area (Å²) in [4.78, 5) is 92.4. The highest BCUT2D eigenvalue weighted by molar-refractivity contribution is 6.12. The maximum absolute atomic E-state index is 15.1. The maximum atomic E-state index is 15.1. The van der Waals surface area contributed by atoms with Crippen LogP contribution in [0.1, 0.15) is 91.1 Å². The predicted octanol–water partition coefficient (Wildman–Crippen LogP) is 4.84. The van der Waals surface area contributed by atoms with E-state index in [0.29, 0.717) is 42.8 Å². The Morgan fingerprint density at radius 1 is 0.882 bits per heavy atom. The number of nitrogens with two attached hydrogens (primary N) is 1. The van der Waals surface area contributed by atoms with E-state index in [4.69, 9.17) is 20.6 Å². The molecule has 6 amide bonds. The van der Waals surface area contributed by atoms with Crippen molar-refractivity contribution in [3.8, 4) is 11.3 Å². The normalized spacial score (nSPS) is 13.9. The van der Waals surface area contributed by atoms with Gasteiger partial charge < -0.3 is 41.4 Å².